The Balaban J connectivity index is 1.70. The number of hydrogen-bond acceptors (Lipinski definition) is 16. The Kier molecular flexibility index (Phi) is 22.8. The molecule has 0 unspecified atom stereocenters. The quantitative estimate of drug-likeness (QED) is 0.0300. The molecule has 402 valence electrons. The average Bonchev–Trinajstić information content (AvgIpc) is 3.84. The van der Waals surface area contributed by atoms with E-state index < -0.39 is 139 Å². The summed E-state index contributed by atoms with van der Waals surface area (Å²) in [7, 11) is 2.02. The minimum atomic E-state index is -1.77. The zero-order valence-corrected chi connectivity index (χ0v) is 41.8. The number of aliphatic imine (C=N–C) groups is 1. The molecule has 0 bridgehead atoms. The fraction of sp³-hybridized carbons (Fsp3) is 0.591. The van der Waals surface area contributed by atoms with Crippen molar-refractivity contribution in [3.05, 3.63) is 29.8 Å². The Morgan fingerprint density at radius 3 is 2.08 bits per heavy atom. The molecule has 3 aliphatic rings. The second kappa shape index (κ2) is 28.4. The summed E-state index contributed by atoms with van der Waals surface area (Å²) >= 11 is 0. The van der Waals surface area contributed by atoms with Gasteiger partial charge in [-0.1, -0.05) is 53.0 Å². The molecule has 1 aliphatic carbocycles. The SMILES string of the molecule is NC(=O)CC[C@@H]1NC(=O)C2(CCCCC2)NC(=O)[C@H](Cc2ccc(O)cc2)NC(=O)[C@@H](N)CSSC[C@@H](C(=O)N2CCC[C@H]2C(=O)N[C@@H](CCCN=C(N)N)C(=O)NCC(N)=O)NC(=O)[C@H](CC(N)=O)NC1=O. The van der Waals surface area contributed by atoms with Crippen LogP contribution in [0, 0.1) is 0 Å². The van der Waals surface area contributed by atoms with Crippen LogP contribution in [-0.4, -0.2) is 160 Å². The predicted molar refractivity (Wildman–Crippen MR) is 267 cm³/mol. The predicted octanol–water partition coefficient (Wildman–Crippen LogP) is -5.31. The number of phenols is 1. The van der Waals surface area contributed by atoms with E-state index in [0.717, 1.165) is 21.6 Å². The van der Waals surface area contributed by atoms with E-state index in [9.17, 15) is 57.8 Å². The highest BCUT2D eigenvalue weighted by atomic mass is 33.1. The second-order valence-electron chi connectivity index (χ2n) is 17.9. The number of likely N-dealkylation sites (tertiary alicyclic amines) is 1. The molecule has 11 amide bonds. The van der Waals surface area contributed by atoms with E-state index in [0.29, 0.717) is 31.2 Å². The summed E-state index contributed by atoms with van der Waals surface area (Å²) < 4.78 is 0. The molecule has 2 aliphatic heterocycles. The number of benzene rings is 1. The van der Waals surface area contributed by atoms with Crippen LogP contribution in [0.5, 0.6) is 5.75 Å². The van der Waals surface area contributed by atoms with Crippen molar-refractivity contribution in [1.29, 1.82) is 0 Å². The normalized spacial score (nSPS) is 23.7. The first-order valence-corrected chi connectivity index (χ1v) is 26.2. The van der Waals surface area contributed by atoms with Crippen LogP contribution >= 0.6 is 21.6 Å². The highest BCUT2D eigenvalue weighted by Gasteiger charge is 2.45. The number of amides is 11. The highest BCUT2D eigenvalue weighted by molar-refractivity contribution is 8.76. The standard InChI is InChI=1S/C44H67N15O12S2/c45-25-21-72-73-22-30(41(70)59-17-5-7-31(59)40(69)53-26(6-4-16-51-43(49)50)36(65)52-20-34(48)63)56-38(67)29(19-33(47)62)55-37(66)27(12-13-32(46)61)57-42(71)44(14-2-1-3-15-44)58-39(68)28(54-35(25)64)18-23-8-10-24(60)11-9-23/h8-11,25-31,60H,1-7,12-22,45H2,(H2,46,61)(H2,47,62)(H2,48,63)(H,52,65)(H,53,69)(H,54,64)(H,55,66)(H,56,67)(H,57,71)(H,58,68)(H4,49,50,51)/t25-,26-,27-,28-,29-,30-,31-/m0/s1. The molecule has 0 radical (unpaired) electrons. The third kappa shape index (κ3) is 18.6. The van der Waals surface area contributed by atoms with Crippen molar-refractivity contribution in [2.24, 2.45) is 39.4 Å². The number of hydrogen-bond donors (Lipinski definition) is 14. The summed E-state index contributed by atoms with van der Waals surface area (Å²) in [5, 5.41) is 28.0. The van der Waals surface area contributed by atoms with Crippen molar-refractivity contribution in [3.63, 3.8) is 0 Å². The number of nitrogens with one attached hydrogen (secondary N) is 7. The molecule has 1 aromatic carbocycles. The van der Waals surface area contributed by atoms with Gasteiger partial charge in [0, 0.05) is 37.4 Å². The smallest absolute Gasteiger partial charge is 0.246 e. The lowest BCUT2D eigenvalue weighted by Crippen LogP contribution is -2.66. The first kappa shape index (κ1) is 58.7. The first-order valence-electron chi connectivity index (χ1n) is 23.7. The molecular formula is C44H67N15O12S2. The number of primary amides is 3. The number of phenolic OH excluding ortho intramolecular Hbond substituents is 1. The van der Waals surface area contributed by atoms with Gasteiger partial charge in [-0.25, -0.2) is 0 Å². The van der Waals surface area contributed by atoms with Gasteiger partial charge in [0.1, 0.15) is 47.5 Å². The van der Waals surface area contributed by atoms with Gasteiger partial charge in [0.2, 0.25) is 65.0 Å². The number of guanidine groups is 1. The Morgan fingerprint density at radius 1 is 0.781 bits per heavy atom. The van der Waals surface area contributed by atoms with Crippen molar-refractivity contribution in [3.8, 4) is 5.75 Å². The molecule has 1 spiro atoms. The van der Waals surface area contributed by atoms with E-state index in [2.05, 4.69) is 42.2 Å². The summed E-state index contributed by atoms with van der Waals surface area (Å²) in [4.78, 5) is 153. The molecule has 0 aromatic heterocycles. The lowest BCUT2D eigenvalue weighted by molar-refractivity contribution is -0.142. The van der Waals surface area contributed by atoms with Gasteiger partial charge in [-0.15, -0.1) is 0 Å². The molecule has 2 saturated heterocycles. The highest BCUT2D eigenvalue weighted by Crippen LogP contribution is 2.30. The second-order valence-corrected chi connectivity index (χ2v) is 20.5. The van der Waals surface area contributed by atoms with Crippen molar-refractivity contribution in [1.82, 2.24) is 42.1 Å². The molecule has 7 atom stereocenters. The van der Waals surface area contributed by atoms with Crippen molar-refractivity contribution < 1.29 is 57.8 Å². The fourth-order valence-corrected chi connectivity index (χ4v) is 10.7. The molecule has 27 nitrogen and oxygen atoms in total. The Bertz CT molecular complexity index is 2230. The van der Waals surface area contributed by atoms with Crippen LogP contribution < -0.4 is 71.6 Å². The Labute approximate surface area is 428 Å². The number of aromatic hydroxyl groups is 1. The summed E-state index contributed by atoms with van der Waals surface area (Å²) in [6.45, 7) is -0.422. The van der Waals surface area contributed by atoms with Gasteiger partial charge in [-0.05, 0) is 62.6 Å². The van der Waals surface area contributed by atoms with E-state index in [1.165, 1.54) is 17.0 Å². The summed E-state index contributed by atoms with van der Waals surface area (Å²) in [5.41, 5.74) is 32.3. The van der Waals surface area contributed by atoms with Crippen LogP contribution in [-0.2, 0) is 59.2 Å². The maximum Gasteiger partial charge on any atom is 0.246 e. The number of nitrogens with two attached hydrogens (primary N) is 6. The molecule has 3 fully saturated rings. The summed E-state index contributed by atoms with van der Waals surface area (Å²) in [5.74, 6) is -10.1. The molecule has 20 N–H and O–H groups in total. The number of rotatable bonds is 17. The van der Waals surface area contributed by atoms with Crippen LogP contribution in [0.25, 0.3) is 0 Å². The zero-order chi connectivity index (χ0) is 53.8. The third-order valence-electron chi connectivity index (χ3n) is 12.2. The van der Waals surface area contributed by atoms with E-state index in [-0.39, 0.29) is 74.8 Å². The van der Waals surface area contributed by atoms with E-state index >= 15 is 0 Å². The van der Waals surface area contributed by atoms with Gasteiger partial charge < -0.3 is 81.6 Å². The minimum absolute atomic E-state index is 0.00761. The topological polar surface area (TPSA) is 464 Å². The van der Waals surface area contributed by atoms with E-state index in [1.54, 1.807) is 12.1 Å². The summed E-state index contributed by atoms with van der Waals surface area (Å²) in [6.07, 6.45) is 0.796. The number of nitrogens with zero attached hydrogens (tertiary/aromatic N) is 2. The maximum absolute atomic E-state index is 14.6. The van der Waals surface area contributed by atoms with Gasteiger partial charge in [-0.3, -0.25) is 57.7 Å². The van der Waals surface area contributed by atoms with Crippen molar-refractivity contribution in [2.75, 3.05) is 31.1 Å². The van der Waals surface area contributed by atoms with Gasteiger partial charge in [0.15, 0.2) is 5.96 Å². The van der Waals surface area contributed by atoms with Crippen LogP contribution in [0.15, 0.2) is 29.3 Å². The summed E-state index contributed by atoms with van der Waals surface area (Å²) in [6, 6.07) is -3.94. The number of carbonyl (C=O) groups excluding carboxylic acids is 11. The fourth-order valence-electron chi connectivity index (χ4n) is 8.38. The minimum Gasteiger partial charge on any atom is -0.508 e. The molecule has 29 heteroatoms. The van der Waals surface area contributed by atoms with Crippen LogP contribution in [0.4, 0.5) is 0 Å². The molecular weight excluding hydrogens is 995 g/mol. The number of carbonyl (C=O) groups is 11. The van der Waals surface area contributed by atoms with Crippen molar-refractivity contribution in [2.45, 2.75) is 131 Å². The average molecular weight is 1060 g/mol. The van der Waals surface area contributed by atoms with Gasteiger partial charge in [0.25, 0.3) is 0 Å². The van der Waals surface area contributed by atoms with Gasteiger partial charge in [-0.2, -0.15) is 0 Å². The van der Waals surface area contributed by atoms with Crippen LogP contribution in [0.1, 0.15) is 82.6 Å². The Morgan fingerprint density at radius 2 is 1.44 bits per heavy atom. The van der Waals surface area contributed by atoms with E-state index in [4.69, 9.17) is 34.4 Å². The van der Waals surface area contributed by atoms with E-state index in [1.807, 2.05) is 0 Å². The van der Waals surface area contributed by atoms with Crippen LogP contribution in [0.3, 0.4) is 0 Å². The van der Waals surface area contributed by atoms with Gasteiger partial charge >= 0.3 is 0 Å². The van der Waals surface area contributed by atoms with Gasteiger partial charge in [0.05, 0.1) is 19.0 Å². The lowest BCUT2D eigenvalue weighted by atomic mass is 9.80. The molecule has 73 heavy (non-hydrogen) atoms. The first-order chi connectivity index (χ1) is 34.6. The maximum atomic E-state index is 14.6. The molecule has 4 rings (SSSR count). The molecule has 2 heterocycles. The lowest BCUT2D eigenvalue weighted by Gasteiger charge is -2.39. The van der Waals surface area contributed by atoms with Crippen LogP contribution in [0.2, 0.25) is 0 Å². The molecule has 1 aromatic rings. The van der Waals surface area contributed by atoms with Crippen molar-refractivity contribution >= 4 is 92.5 Å². The molecule has 1 saturated carbocycles. The Hall–Kier alpha value is -6.88. The monoisotopic (exact) mass is 1060 g/mol. The third-order valence-corrected chi connectivity index (χ3v) is 14.7. The largest absolute Gasteiger partial charge is 0.508 e. The zero-order valence-electron chi connectivity index (χ0n) is 40.2.